The van der Waals surface area contributed by atoms with Crippen molar-refractivity contribution in [1.82, 2.24) is 4.98 Å². The van der Waals surface area contributed by atoms with Gasteiger partial charge in [-0.25, -0.2) is 4.39 Å². The Morgan fingerprint density at radius 3 is 2.63 bits per heavy atom. The number of H-pyrrole nitrogens is 1. The molecule has 0 fully saturated rings. The number of rotatable bonds is 0. The molecule has 0 radical (unpaired) electrons. The molecule has 19 heavy (non-hydrogen) atoms. The lowest BCUT2D eigenvalue weighted by Gasteiger charge is -2.11. The van der Waals surface area contributed by atoms with Crippen molar-refractivity contribution in [2.24, 2.45) is 0 Å². The predicted octanol–water partition coefficient (Wildman–Crippen LogP) is 2.51. The maximum Gasteiger partial charge on any atom is 0.314 e. The van der Waals surface area contributed by atoms with Crippen molar-refractivity contribution in [3.8, 4) is 17.2 Å². The van der Waals surface area contributed by atoms with Gasteiger partial charge in [0.05, 0.1) is 11.6 Å². The van der Waals surface area contributed by atoms with Gasteiger partial charge in [0.1, 0.15) is 5.69 Å². The van der Waals surface area contributed by atoms with Crippen LogP contribution in [0, 0.1) is 17.1 Å². The van der Waals surface area contributed by atoms with Gasteiger partial charge in [-0.05, 0) is 23.8 Å². The Morgan fingerprint density at radius 1 is 1.21 bits per heavy atom. The van der Waals surface area contributed by atoms with Crippen molar-refractivity contribution in [1.29, 1.82) is 5.26 Å². The second-order valence-electron chi connectivity index (χ2n) is 4.18. The van der Waals surface area contributed by atoms with Crippen LogP contribution in [-0.4, -0.2) is 4.98 Å². The summed E-state index contributed by atoms with van der Waals surface area (Å²) in [5.41, 5.74) is -2.00. The van der Waals surface area contributed by atoms with Gasteiger partial charge in [0.15, 0.2) is 5.82 Å². The average Bonchev–Trinajstić information content (AvgIpc) is 2.59. The number of aromatic amines is 1. The van der Waals surface area contributed by atoms with E-state index in [1.165, 1.54) is 12.1 Å². The van der Waals surface area contributed by atoms with Gasteiger partial charge in [-0.15, -0.1) is 0 Å². The molecule has 1 aliphatic rings. The molecule has 0 bridgehead atoms. The quantitative estimate of drug-likeness (QED) is 0.793. The molecule has 0 atom stereocenters. The van der Waals surface area contributed by atoms with Gasteiger partial charge < -0.3 is 4.98 Å². The number of hydrogen-bond donors (Lipinski definition) is 1. The lowest BCUT2D eigenvalue weighted by Crippen LogP contribution is -2.20. The second kappa shape index (κ2) is 3.48. The average molecular weight is 262 g/mol. The minimum Gasteiger partial charge on any atom is -0.317 e. The van der Waals surface area contributed by atoms with Crippen molar-refractivity contribution >= 4 is 0 Å². The lowest BCUT2D eigenvalue weighted by atomic mass is 10.0. The van der Waals surface area contributed by atoms with Crippen molar-refractivity contribution in [2.75, 3.05) is 0 Å². The zero-order chi connectivity index (χ0) is 13.8. The van der Waals surface area contributed by atoms with Crippen molar-refractivity contribution in [3.05, 3.63) is 57.3 Å². The number of fused-ring (bicyclic) bond motifs is 3. The van der Waals surface area contributed by atoms with E-state index in [2.05, 4.69) is 0 Å². The number of aromatic nitrogens is 1. The summed E-state index contributed by atoms with van der Waals surface area (Å²) in [6.07, 6.45) is 0. The summed E-state index contributed by atoms with van der Waals surface area (Å²) in [5, 5.41) is 8.78. The normalized spacial score (nSPS) is 14.6. The number of pyridine rings is 1. The van der Waals surface area contributed by atoms with Crippen molar-refractivity contribution in [3.63, 3.8) is 0 Å². The zero-order valence-electron chi connectivity index (χ0n) is 9.30. The van der Waals surface area contributed by atoms with Gasteiger partial charge in [0.2, 0.25) is 0 Å². The Labute approximate surface area is 104 Å². The first-order valence-corrected chi connectivity index (χ1v) is 5.31. The molecular weight excluding hydrogens is 257 g/mol. The monoisotopic (exact) mass is 262 g/mol. The number of nitriles is 1. The van der Waals surface area contributed by atoms with Gasteiger partial charge in [0, 0.05) is 11.1 Å². The highest BCUT2D eigenvalue weighted by Crippen LogP contribution is 2.49. The van der Waals surface area contributed by atoms with Crippen molar-refractivity contribution in [2.45, 2.75) is 5.92 Å². The number of benzene rings is 1. The topological polar surface area (TPSA) is 56.6 Å². The third kappa shape index (κ3) is 1.41. The van der Waals surface area contributed by atoms with Gasteiger partial charge >= 0.3 is 5.92 Å². The van der Waals surface area contributed by atoms with E-state index in [9.17, 15) is 18.0 Å². The van der Waals surface area contributed by atoms with Crippen LogP contribution >= 0.6 is 0 Å². The molecule has 0 saturated carbocycles. The summed E-state index contributed by atoms with van der Waals surface area (Å²) in [5.74, 6) is -4.53. The molecule has 3 rings (SSSR count). The van der Waals surface area contributed by atoms with Crippen LogP contribution < -0.4 is 5.56 Å². The van der Waals surface area contributed by atoms with Crippen LogP contribution in [0.25, 0.3) is 11.1 Å². The SMILES string of the molecule is N#Cc1ccc2c(c1)-c1cc(F)c(=O)[nH]c1C2(F)F. The van der Waals surface area contributed by atoms with E-state index >= 15 is 0 Å². The fourth-order valence-electron chi connectivity index (χ4n) is 2.21. The Morgan fingerprint density at radius 2 is 1.95 bits per heavy atom. The predicted molar refractivity (Wildman–Crippen MR) is 60.2 cm³/mol. The highest BCUT2D eigenvalue weighted by Gasteiger charge is 2.45. The smallest absolute Gasteiger partial charge is 0.314 e. The molecule has 1 aromatic carbocycles. The lowest BCUT2D eigenvalue weighted by molar-refractivity contribution is 0.0430. The Kier molecular flexibility index (Phi) is 2.11. The van der Waals surface area contributed by atoms with E-state index in [4.69, 9.17) is 5.26 Å². The van der Waals surface area contributed by atoms with Crippen LogP contribution in [0.15, 0.2) is 29.1 Å². The summed E-state index contributed by atoms with van der Waals surface area (Å²) in [6.45, 7) is 0. The fourth-order valence-corrected chi connectivity index (χ4v) is 2.21. The Balaban J connectivity index is 2.42. The van der Waals surface area contributed by atoms with Gasteiger partial charge in [0.25, 0.3) is 5.56 Å². The van der Waals surface area contributed by atoms with Gasteiger partial charge in [-0.2, -0.15) is 14.0 Å². The molecule has 94 valence electrons. The molecule has 0 aliphatic heterocycles. The second-order valence-corrected chi connectivity index (χ2v) is 4.18. The Bertz CT molecular complexity index is 803. The van der Waals surface area contributed by atoms with E-state index in [-0.39, 0.29) is 22.3 Å². The summed E-state index contributed by atoms with van der Waals surface area (Å²) >= 11 is 0. The fraction of sp³-hybridized carbons (Fsp3) is 0.0769. The molecule has 0 saturated heterocycles. The van der Waals surface area contributed by atoms with E-state index in [1.54, 1.807) is 0 Å². The molecule has 6 heteroatoms. The molecule has 1 heterocycles. The van der Waals surface area contributed by atoms with Crippen LogP contribution in [0.1, 0.15) is 16.8 Å². The molecule has 1 aromatic heterocycles. The minimum atomic E-state index is -3.40. The van der Waals surface area contributed by atoms with Crippen LogP contribution in [0.4, 0.5) is 13.2 Å². The maximum atomic E-state index is 14.1. The highest BCUT2D eigenvalue weighted by atomic mass is 19.3. The van der Waals surface area contributed by atoms with E-state index in [1.807, 2.05) is 11.1 Å². The standard InChI is InChI=1S/C13H5F3N2O/c14-10-4-8-7-3-6(5-17)1-2-9(7)13(15,16)11(8)18-12(10)19/h1-4H,(H,18,19). The first kappa shape index (κ1) is 11.5. The molecule has 2 aromatic rings. The summed E-state index contributed by atoms with van der Waals surface area (Å²) in [6, 6.07) is 6.23. The van der Waals surface area contributed by atoms with Gasteiger partial charge in [-0.3, -0.25) is 4.79 Å². The largest absolute Gasteiger partial charge is 0.317 e. The number of hydrogen-bond acceptors (Lipinski definition) is 2. The van der Waals surface area contributed by atoms with Crippen LogP contribution in [0.3, 0.4) is 0 Å². The summed E-state index contributed by atoms with van der Waals surface area (Å²) in [4.78, 5) is 13.0. The summed E-state index contributed by atoms with van der Waals surface area (Å²) < 4.78 is 41.5. The molecule has 3 nitrogen and oxygen atoms in total. The van der Waals surface area contributed by atoms with Crippen LogP contribution in [-0.2, 0) is 5.92 Å². The minimum absolute atomic E-state index is 0.0641. The Hall–Kier alpha value is -2.55. The van der Waals surface area contributed by atoms with Crippen LogP contribution in [0.2, 0.25) is 0 Å². The third-order valence-corrected chi connectivity index (χ3v) is 3.09. The van der Waals surface area contributed by atoms with E-state index in [0.717, 1.165) is 12.1 Å². The van der Waals surface area contributed by atoms with Gasteiger partial charge in [-0.1, -0.05) is 6.07 Å². The van der Waals surface area contributed by atoms with E-state index < -0.39 is 23.0 Å². The number of halogens is 3. The molecule has 0 amide bonds. The molecule has 1 aliphatic carbocycles. The van der Waals surface area contributed by atoms with E-state index in [0.29, 0.717) is 0 Å². The number of alkyl halides is 2. The maximum absolute atomic E-state index is 14.1. The molecule has 0 spiro atoms. The van der Waals surface area contributed by atoms with Crippen LogP contribution in [0.5, 0.6) is 0 Å². The molecule has 0 unspecified atom stereocenters. The number of nitrogens with one attached hydrogen (secondary N) is 1. The first-order chi connectivity index (χ1) is 8.95. The summed E-state index contributed by atoms with van der Waals surface area (Å²) in [7, 11) is 0. The highest BCUT2D eigenvalue weighted by molar-refractivity contribution is 5.78. The zero-order valence-corrected chi connectivity index (χ0v) is 9.30. The third-order valence-electron chi connectivity index (χ3n) is 3.09. The molecule has 1 N–H and O–H groups in total. The van der Waals surface area contributed by atoms with Crippen molar-refractivity contribution < 1.29 is 13.2 Å². The number of nitrogens with zero attached hydrogens (tertiary/aromatic N) is 1. The molecular formula is C13H5F3N2O. The first-order valence-electron chi connectivity index (χ1n) is 5.31.